The van der Waals surface area contributed by atoms with Gasteiger partial charge in [0, 0.05) is 39.3 Å². The lowest BCUT2D eigenvalue weighted by Crippen LogP contribution is -2.55. The number of amides is 2. The Hall–Kier alpha value is -2.22. The van der Waals surface area contributed by atoms with Crippen LogP contribution in [0.3, 0.4) is 0 Å². The smallest absolute Gasteiger partial charge is 0.387 e. The third kappa shape index (κ3) is 5.44. The quantitative estimate of drug-likeness (QED) is 0.751. The van der Waals surface area contributed by atoms with Gasteiger partial charge in [-0.1, -0.05) is 25.0 Å². The molecule has 29 heavy (non-hydrogen) atoms. The molecule has 2 aliphatic heterocycles. The second kappa shape index (κ2) is 10.0. The number of carbonyl (C=O) groups is 2. The van der Waals surface area contributed by atoms with Gasteiger partial charge in [-0.25, -0.2) is 0 Å². The Balaban J connectivity index is 1.57. The van der Waals surface area contributed by atoms with E-state index in [0.29, 0.717) is 26.2 Å². The molecule has 0 saturated carbocycles. The van der Waals surface area contributed by atoms with Crippen LogP contribution in [-0.4, -0.2) is 78.4 Å². The molecule has 0 radical (unpaired) electrons. The summed E-state index contributed by atoms with van der Waals surface area (Å²) >= 11 is 0. The summed E-state index contributed by atoms with van der Waals surface area (Å²) in [5.74, 6) is -0.283. The predicted octanol–water partition coefficient (Wildman–Crippen LogP) is 2.84. The SMILES string of the molecule is CC(C(=O)N1CCCCCC1)N1CCN(C(=O)c2ccccc2OC(F)F)CC1. The number of likely N-dealkylation sites (tertiary alicyclic amines) is 1. The molecular weight excluding hydrogens is 380 g/mol. The summed E-state index contributed by atoms with van der Waals surface area (Å²) in [5, 5.41) is 0. The molecule has 2 heterocycles. The van der Waals surface area contributed by atoms with Gasteiger partial charge in [-0.3, -0.25) is 14.5 Å². The molecular formula is C21H29F2N3O3. The molecule has 0 spiro atoms. The first-order valence-corrected chi connectivity index (χ1v) is 10.3. The number of alkyl halides is 2. The molecule has 1 aromatic rings. The van der Waals surface area contributed by atoms with E-state index in [9.17, 15) is 18.4 Å². The number of benzene rings is 1. The number of hydrogen-bond acceptors (Lipinski definition) is 4. The van der Waals surface area contributed by atoms with Crippen molar-refractivity contribution < 1.29 is 23.1 Å². The van der Waals surface area contributed by atoms with Crippen LogP contribution in [0.25, 0.3) is 0 Å². The lowest BCUT2D eigenvalue weighted by molar-refractivity contribution is -0.136. The summed E-state index contributed by atoms with van der Waals surface area (Å²) in [4.78, 5) is 31.3. The van der Waals surface area contributed by atoms with Crippen LogP contribution < -0.4 is 4.74 Å². The van der Waals surface area contributed by atoms with Crippen LogP contribution in [0.4, 0.5) is 8.78 Å². The zero-order valence-electron chi connectivity index (χ0n) is 16.9. The van der Waals surface area contributed by atoms with Crippen molar-refractivity contribution in [1.82, 2.24) is 14.7 Å². The highest BCUT2D eigenvalue weighted by atomic mass is 19.3. The molecule has 2 aliphatic rings. The topological polar surface area (TPSA) is 53.1 Å². The van der Waals surface area contributed by atoms with Gasteiger partial charge in [-0.2, -0.15) is 8.78 Å². The van der Waals surface area contributed by atoms with Gasteiger partial charge in [0.25, 0.3) is 5.91 Å². The monoisotopic (exact) mass is 409 g/mol. The van der Waals surface area contributed by atoms with E-state index in [1.807, 2.05) is 11.8 Å². The van der Waals surface area contributed by atoms with Crippen LogP contribution in [0, 0.1) is 0 Å². The number of nitrogens with zero attached hydrogens (tertiary/aromatic N) is 3. The number of carbonyl (C=O) groups excluding carboxylic acids is 2. The van der Waals surface area contributed by atoms with Gasteiger partial charge < -0.3 is 14.5 Å². The number of rotatable bonds is 5. The highest BCUT2D eigenvalue weighted by Crippen LogP contribution is 2.23. The molecule has 1 atom stereocenters. The van der Waals surface area contributed by atoms with Crippen molar-refractivity contribution >= 4 is 11.8 Å². The molecule has 0 N–H and O–H groups in total. The minimum absolute atomic E-state index is 0.111. The lowest BCUT2D eigenvalue weighted by Gasteiger charge is -2.39. The average molecular weight is 409 g/mol. The molecule has 3 rings (SSSR count). The average Bonchev–Trinajstić information content (AvgIpc) is 3.02. The molecule has 160 valence electrons. The second-order valence-corrected chi connectivity index (χ2v) is 7.62. The Morgan fingerprint density at radius 2 is 1.52 bits per heavy atom. The first kappa shape index (κ1) is 21.5. The highest BCUT2D eigenvalue weighted by molar-refractivity contribution is 5.97. The van der Waals surface area contributed by atoms with Crippen molar-refractivity contribution in [3.63, 3.8) is 0 Å². The number of para-hydroxylation sites is 1. The Morgan fingerprint density at radius 3 is 2.14 bits per heavy atom. The fourth-order valence-corrected chi connectivity index (χ4v) is 4.04. The summed E-state index contributed by atoms with van der Waals surface area (Å²) in [5.41, 5.74) is 0.134. The van der Waals surface area contributed by atoms with E-state index in [2.05, 4.69) is 9.64 Å². The number of hydrogen-bond donors (Lipinski definition) is 0. The van der Waals surface area contributed by atoms with E-state index in [-0.39, 0.29) is 29.2 Å². The van der Waals surface area contributed by atoms with Gasteiger partial charge in [0.1, 0.15) is 5.75 Å². The molecule has 0 aliphatic carbocycles. The van der Waals surface area contributed by atoms with Crippen molar-refractivity contribution in [3.8, 4) is 5.75 Å². The van der Waals surface area contributed by atoms with Gasteiger partial charge in [0.15, 0.2) is 0 Å². The lowest BCUT2D eigenvalue weighted by atomic mass is 10.1. The van der Waals surface area contributed by atoms with Crippen LogP contribution in [0.2, 0.25) is 0 Å². The van der Waals surface area contributed by atoms with Gasteiger partial charge >= 0.3 is 6.61 Å². The summed E-state index contributed by atoms with van der Waals surface area (Å²) in [7, 11) is 0. The highest BCUT2D eigenvalue weighted by Gasteiger charge is 2.31. The van der Waals surface area contributed by atoms with Crippen LogP contribution >= 0.6 is 0 Å². The zero-order valence-corrected chi connectivity index (χ0v) is 16.9. The minimum Gasteiger partial charge on any atom is -0.434 e. The maximum absolute atomic E-state index is 12.9. The number of ether oxygens (including phenoxy) is 1. The maximum Gasteiger partial charge on any atom is 0.387 e. The molecule has 8 heteroatoms. The molecule has 2 fully saturated rings. The number of piperazine rings is 1. The van der Waals surface area contributed by atoms with E-state index >= 15 is 0 Å². The summed E-state index contributed by atoms with van der Waals surface area (Å²) in [6.45, 7) is 2.63. The van der Waals surface area contributed by atoms with Crippen molar-refractivity contribution in [3.05, 3.63) is 29.8 Å². The van der Waals surface area contributed by atoms with Gasteiger partial charge in [-0.05, 0) is 31.9 Å². The van der Waals surface area contributed by atoms with E-state index < -0.39 is 6.61 Å². The van der Waals surface area contributed by atoms with Crippen molar-refractivity contribution in [2.24, 2.45) is 0 Å². The van der Waals surface area contributed by atoms with Crippen molar-refractivity contribution in [1.29, 1.82) is 0 Å². The largest absolute Gasteiger partial charge is 0.434 e. The third-order valence-electron chi connectivity index (χ3n) is 5.76. The van der Waals surface area contributed by atoms with Crippen LogP contribution in [0.5, 0.6) is 5.75 Å². The van der Waals surface area contributed by atoms with Crippen LogP contribution in [0.15, 0.2) is 24.3 Å². The Labute approximate surface area is 170 Å². The summed E-state index contributed by atoms with van der Waals surface area (Å²) in [6.07, 6.45) is 4.47. The molecule has 0 aromatic heterocycles. The van der Waals surface area contributed by atoms with Crippen LogP contribution in [-0.2, 0) is 4.79 Å². The minimum atomic E-state index is -2.98. The van der Waals surface area contributed by atoms with E-state index in [0.717, 1.165) is 25.9 Å². The van der Waals surface area contributed by atoms with Crippen LogP contribution in [0.1, 0.15) is 43.0 Å². The molecule has 2 amide bonds. The molecule has 1 unspecified atom stereocenters. The maximum atomic E-state index is 12.9. The van der Waals surface area contributed by atoms with Crippen molar-refractivity contribution in [2.45, 2.75) is 45.3 Å². The summed E-state index contributed by atoms with van der Waals surface area (Å²) in [6, 6.07) is 5.83. The first-order valence-electron chi connectivity index (χ1n) is 10.3. The normalized spacial score (nSPS) is 19.7. The molecule has 6 nitrogen and oxygen atoms in total. The Bertz CT molecular complexity index is 700. The van der Waals surface area contributed by atoms with E-state index in [1.54, 1.807) is 17.0 Å². The number of halogens is 2. The van der Waals surface area contributed by atoms with Gasteiger partial charge in [0.2, 0.25) is 5.91 Å². The Kier molecular flexibility index (Phi) is 7.41. The molecule has 0 bridgehead atoms. The second-order valence-electron chi connectivity index (χ2n) is 7.62. The van der Waals surface area contributed by atoms with E-state index in [1.165, 1.54) is 25.0 Å². The molecule has 2 saturated heterocycles. The van der Waals surface area contributed by atoms with E-state index in [4.69, 9.17) is 0 Å². The zero-order chi connectivity index (χ0) is 20.8. The Morgan fingerprint density at radius 1 is 0.897 bits per heavy atom. The standard InChI is InChI=1S/C21H29F2N3O3/c1-16(19(27)25-10-6-2-3-7-11-25)24-12-14-26(15-13-24)20(28)17-8-4-5-9-18(17)29-21(22)23/h4-5,8-9,16,21H,2-3,6-7,10-15H2,1H3. The summed E-state index contributed by atoms with van der Waals surface area (Å²) < 4.78 is 29.7. The fourth-order valence-electron chi connectivity index (χ4n) is 4.04. The third-order valence-corrected chi connectivity index (χ3v) is 5.76. The molecule has 1 aromatic carbocycles. The van der Waals surface area contributed by atoms with Crippen molar-refractivity contribution in [2.75, 3.05) is 39.3 Å². The predicted molar refractivity (Wildman–Crippen MR) is 105 cm³/mol. The van der Waals surface area contributed by atoms with Gasteiger partial charge in [-0.15, -0.1) is 0 Å². The van der Waals surface area contributed by atoms with Gasteiger partial charge in [0.05, 0.1) is 11.6 Å². The fraction of sp³-hybridized carbons (Fsp3) is 0.619. The first-order chi connectivity index (χ1) is 14.0.